The normalized spacial score (nSPS) is 15.8. The second-order valence-corrected chi connectivity index (χ2v) is 5.25. The number of carbonyl (C=O) groups is 3. The van der Waals surface area contributed by atoms with Gasteiger partial charge in [-0.15, -0.1) is 0 Å². The Morgan fingerprint density at radius 3 is 2.50 bits per heavy atom. The zero-order chi connectivity index (χ0) is 16.1. The Labute approximate surface area is 128 Å². The van der Waals surface area contributed by atoms with Gasteiger partial charge in [-0.2, -0.15) is 0 Å². The van der Waals surface area contributed by atoms with Crippen molar-refractivity contribution in [1.82, 2.24) is 15.1 Å². The first kappa shape index (κ1) is 15.8. The molecule has 22 heavy (non-hydrogen) atoms. The second kappa shape index (κ2) is 6.93. The number of likely N-dealkylation sites (N-methyl/N-ethyl adjacent to an activating group) is 1. The minimum atomic E-state index is -0.994. The lowest BCUT2D eigenvalue weighted by molar-refractivity contribution is -0.137. The Bertz CT molecular complexity index is 561. The van der Waals surface area contributed by atoms with Gasteiger partial charge in [-0.25, -0.2) is 4.79 Å². The first-order valence-electron chi connectivity index (χ1n) is 7.03. The molecule has 1 saturated heterocycles. The molecule has 3 amide bonds. The molecule has 0 radical (unpaired) electrons. The molecule has 118 valence electrons. The molecule has 1 atom stereocenters. The molecule has 7 heteroatoms. The molecule has 1 aliphatic rings. The number of amides is 3. The predicted octanol–water partition coefficient (Wildman–Crippen LogP) is 0.686. The molecule has 0 bridgehead atoms. The Balaban J connectivity index is 1.99. The number of aliphatic carboxylic acids is 1. The molecule has 0 aromatic heterocycles. The quantitative estimate of drug-likeness (QED) is 0.809. The van der Waals surface area contributed by atoms with Gasteiger partial charge in [0.15, 0.2) is 0 Å². The molecule has 1 aromatic carbocycles. The number of hydrogen-bond acceptors (Lipinski definition) is 3. The maximum Gasteiger partial charge on any atom is 0.320 e. The summed E-state index contributed by atoms with van der Waals surface area (Å²) < 4.78 is 0. The third-order valence-corrected chi connectivity index (χ3v) is 3.55. The molecule has 1 heterocycles. The summed E-state index contributed by atoms with van der Waals surface area (Å²) in [7, 11) is 1.68. The molecule has 0 saturated carbocycles. The number of benzene rings is 1. The summed E-state index contributed by atoms with van der Waals surface area (Å²) in [6.45, 7) is 1.02. The van der Waals surface area contributed by atoms with Crippen LogP contribution in [0.5, 0.6) is 0 Å². The van der Waals surface area contributed by atoms with E-state index in [2.05, 4.69) is 5.32 Å². The van der Waals surface area contributed by atoms with Gasteiger partial charge in [-0.1, -0.05) is 30.3 Å². The fourth-order valence-corrected chi connectivity index (χ4v) is 2.38. The number of rotatable bonds is 6. The summed E-state index contributed by atoms with van der Waals surface area (Å²) in [5, 5.41) is 11.7. The van der Waals surface area contributed by atoms with Crippen molar-refractivity contribution in [3.63, 3.8) is 0 Å². The van der Waals surface area contributed by atoms with Gasteiger partial charge in [-0.3, -0.25) is 9.59 Å². The van der Waals surface area contributed by atoms with Crippen molar-refractivity contribution in [2.45, 2.75) is 12.5 Å². The lowest BCUT2D eigenvalue weighted by atomic mass is 10.0. The predicted molar refractivity (Wildman–Crippen MR) is 79.2 cm³/mol. The van der Waals surface area contributed by atoms with Crippen molar-refractivity contribution >= 4 is 17.9 Å². The summed E-state index contributed by atoms with van der Waals surface area (Å²) in [6, 6.07) is 8.13. The van der Waals surface area contributed by atoms with Crippen LogP contribution in [0.4, 0.5) is 4.79 Å². The van der Waals surface area contributed by atoms with E-state index in [-0.39, 0.29) is 24.9 Å². The van der Waals surface area contributed by atoms with Crippen LogP contribution in [0.2, 0.25) is 0 Å². The third kappa shape index (κ3) is 3.97. The van der Waals surface area contributed by atoms with Gasteiger partial charge in [0.25, 0.3) is 0 Å². The summed E-state index contributed by atoms with van der Waals surface area (Å²) in [4.78, 5) is 37.8. The molecule has 1 fully saturated rings. The van der Waals surface area contributed by atoms with Crippen molar-refractivity contribution in [2.24, 2.45) is 0 Å². The minimum Gasteiger partial charge on any atom is -0.481 e. The second-order valence-electron chi connectivity index (χ2n) is 5.25. The van der Waals surface area contributed by atoms with Crippen molar-refractivity contribution < 1.29 is 19.5 Å². The van der Waals surface area contributed by atoms with E-state index >= 15 is 0 Å². The number of carboxylic acids is 1. The van der Waals surface area contributed by atoms with E-state index in [1.165, 1.54) is 4.90 Å². The van der Waals surface area contributed by atoms with Gasteiger partial charge in [0.1, 0.15) is 6.54 Å². The number of carboxylic acid groups (broad SMARTS) is 1. The highest BCUT2D eigenvalue weighted by molar-refractivity contribution is 5.85. The van der Waals surface area contributed by atoms with Crippen LogP contribution < -0.4 is 5.32 Å². The molecule has 1 aliphatic heterocycles. The lowest BCUT2D eigenvalue weighted by Crippen LogP contribution is -2.41. The van der Waals surface area contributed by atoms with E-state index in [4.69, 9.17) is 5.11 Å². The number of nitrogens with one attached hydrogen (secondary N) is 1. The zero-order valence-electron chi connectivity index (χ0n) is 12.4. The SMILES string of the molecule is CN1CCN(CC(=O)NC(CC(=O)O)c2ccccc2)C1=O. The van der Waals surface area contributed by atoms with Crippen LogP contribution in [-0.2, 0) is 9.59 Å². The maximum absolute atomic E-state index is 12.1. The molecule has 1 unspecified atom stereocenters. The van der Waals surface area contributed by atoms with Crippen LogP contribution in [0.1, 0.15) is 18.0 Å². The van der Waals surface area contributed by atoms with E-state index in [1.807, 2.05) is 6.07 Å². The third-order valence-electron chi connectivity index (χ3n) is 3.55. The molecule has 0 spiro atoms. The standard InChI is InChI=1S/C15H19N3O4/c1-17-7-8-18(15(17)22)10-13(19)16-12(9-14(20)21)11-5-3-2-4-6-11/h2-6,12H,7-10H2,1H3,(H,16,19)(H,20,21). The smallest absolute Gasteiger partial charge is 0.320 e. The highest BCUT2D eigenvalue weighted by Gasteiger charge is 2.28. The van der Waals surface area contributed by atoms with Gasteiger partial charge in [-0.05, 0) is 5.56 Å². The highest BCUT2D eigenvalue weighted by Crippen LogP contribution is 2.16. The fraction of sp³-hybridized carbons (Fsp3) is 0.400. The Morgan fingerprint density at radius 2 is 1.95 bits per heavy atom. The average Bonchev–Trinajstić information content (AvgIpc) is 2.79. The summed E-state index contributed by atoms with van der Waals surface area (Å²) in [5.41, 5.74) is 0.725. The van der Waals surface area contributed by atoms with E-state index in [1.54, 1.807) is 36.2 Å². The number of nitrogens with zero attached hydrogens (tertiary/aromatic N) is 2. The van der Waals surface area contributed by atoms with Crippen molar-refractivity contribution in [2.75, 3.05) is 26.7 Å². The lowest BCUT2D eigenvalue weighted by Gasteiger charge is -2.20. The molecule has 1 aromatic rings. The number of urea groups is 1. The van der Waals surface area contributed by atoms with Gasteiger partial charge < -0.3 is 20.2 Å². The number of carbonyl (C=O) groups excluding carboxylic acids is 2. The Hall–Kier alpha value is -2.57. The van der Waals surface area contributed by atoms with Crippen LogP contribution in [0.25, 0.3) is 0 Å². The van der Waals surface area contributed by atoms with Gasteiger partial charge in [0.2, 0.25) is 5.91 Å². The largest absolute Gasteiger partial charge is 0.481 e. The van der Waals surface area contributed by atoms with E-state index in [9.17, 15) is 14.4 Å². The van der Waals surface area contributed by atoms with Gasteiger partial charge in [0, 0.05) is 20.1 Å². The average molecular weight is 305 g/mol. The van der Waals surface area contributed by atoms with Crippen molar-refractivity contribution in [3.05, 3.63) is 35.9 Å². The van der Waals surface area contributed by atoms with Crippen LogP contribution >= 0.6 is 0 Å². The first-order valence-corrected chi connectivity index (χ1v) is 7.03. The topological polar surface area (TPSA) is 89.9 Å². The molecule has 7 nitrogen and oxygen atoms in total. The fourth-order valence-electron chi connectivity index (χ4n) is 2.38. The van der Waals surface area contributed by atoms with E-state index in [0.29, 0.717) is 13.1 Å². The Morgan fingerprint density at radius 1 is 1.27 bits per heavy atom. The van der Waals surface area contributed by atoms with Crippen molar-refractivity contribution in [3.8, 4) is 0 Å². The highest BCUT2D eigenvalue weighted by atomic mass is 16.4. The van der Waals surface area contributed by atoms with Gasteiger partial charge >= 0.3 is 12.0 Å². The molecule has 0 aliphatic carbocycles. The van der Waals surface area contributed by atoms with E-state index < -0.39 is 12.0 Å². The molecular formula is C15H19N3O4. The summed E-state index contributed by atoms with van der Waals surface area (Å²) in [5.74, 6) is -1.36. The minimum absolute atomic E-state index is 0.0634. The van der Waals surface area contributed by atoms with Crippen LogP contribution in [0, 0.1) is 0 Å². The van der Waals surface area contributed by atoms with Gasteiger partial charge in [0.05, 0.1) is 12.5 Å². The number of hydrogen-bond donors (Lipinski definition) is 2. The first-order chi connectivity index (χ1) is 10.5. The van der Waals surface area contributed by atoms with Crippen molar-refractivity contribution in [1.29, 1.82) is 0 Å². The van der Waals surface area contributed by atoms with Crippen LogP contribution in [-0.4, -0.2) is 59.5 Å². The summed E-state index contributed by atoms with van der Waals surface area (Å²) >= 11 is 0. The monoisotopic (exact) mass is 305 g/mol. The molecule has 2 rings (SSSR count). The summed E-state index contributed by atoms with van der Waals surface area (Å²) in [6.07, 6.45) is -0.205. The molecular weight excluding hydrogens is 286 g/mol. The van der Waals surface area contributed by atoms with E-state index in [0.717, 1.165) is 5.56 Å². The maximum atomic E-state index is 12.1. The molecule has 2 N–H and O–H groups in total. The van der Waals surface area contributed by atoms with Crippen LogP contribution in [0.15, 0.2) is 30.3 Å². The van der Waals surface area contributed by atoms with Crippen LogP contribution in [0.3, 0.4) is 0 Å². The Kier molecular flexibility index (Phi) is 4.98. The zero-order valence-corrected chi connectivity index (χ0v) is 12.4.